The molecular formula is C38H51N17O. The van der Waals surface area contributed by atoms with Crippen molar-refractivity contribution in [2.75, 3.05) is 113 Å². The van der Waals surface area contributed by atoms with Gasteiger partial charge in [0.1, 0.15) is 53.0 Å². The van der Waals surface area contributed by atoms with Crippen LogP contribution in [-0.2, 0) is 4.74 Å². The van der Waals surface area contributed by atoms with E-state index in [1.807, 2.05) is 36.4 Å². The summed E-state index contributed by atoms with van der Waals surface area (Å²) in [4.78, 5) is 49.6. The van der Waals surface area contributed by atoms with Gasteiger partial charge in [0.25, 0.3) is 0 Å². The van der Waals surface area contributed by atoms with Gasteiger partial charge in [0.05, 0.1) is 22.7 Å². The van der Waals surface area contributed by atoms with E-state index in [1.54, 1.807) is 7.11 Å². The quantitative estimate of drug-likeness (QED) is 0.229. The van der Waals surface area contributed by atoms with Crippen molar-refractivity contribution in [2.45, 2.75) is 31.4 Å². The van der Waals surface area contributed by atoms with Crippen molar-refractivity contribution in [1.29, 1.82) is 0 Å². The molecule has 0 aliphatic carbocycles. The zero-order valence-corrected chi connectivity index (χ0v) is 32.5. The number of ether oxygens (including phenoxy) is 1. The number of nitrogen functional groups attached to an aromatic ring is 3. The SMILES string of the molecule is CN(C)C1CCN(c2ccc3ncnc(N)c3n2)C1.CN1CCN(c2ccc3ncnc(N)c3n2)CC1.COC1CCN(c2ccc3ncnc(N)c3n2)CC1. The molecule has 1 unspecified atom stereocenters. The zero-order chi connectivity index (χ0) is 39.2. The van der Waals surface area contributed by atoms with Crippen LogP contribution < -0.4 is 31.9 Å². The lowest BCUT2D eigenvalue weighted by Crippen LogP contribution is -2.44. The molecule has 1 atom stereocenters. The van der Waals surface area contributed by atoms with Crippen LogP contribution in [0.5, 0.6) is 0 Å². The number of hydrogen-bond acceptors (Lipinski definition) is 18. The molecule has 0 radical (unpaired) electrons. The first-order valence-electron chi connectivity index (χ1n) is 18.9. The smallest absolute Gasteiger partial charge is 0.153 e. The maximum Gasteiger partial charge on any atom is 0.153 e. The van der Waals surface area contributed by atoms with Crippen molar-refractivity contribution in [3.63, 3.8) is 0 Å². The summed E-state index contributed by atoms with van der Waals surface area (Å²) in [5.41, 5.74) is 22.0. The molecule has 0 spiro atoms. The summed E-state index contributed by atoms with van der Waals surface area (Å²) >= 11 is 0. The normalized spacial score (nSPS) is 17.9. The van der Waals surface area contributed by atoms with Crippen LogP contribution in [0, 0.1) is 0 Å². The second-order valence-corrected chi connectivity index (χ2v) is 14.5. The molecule has 9 heterocycles. The molecule has 294 valence electrons. The maximum absolute atomic E-state index is 5.86. The van der Waals surface area contributed by atoms with E-state index in [0.717, 1.165) is 106 Å². The van der Waals surface area contributed by atoms with Gasteiger partial charge in [-0.05, 0) is 76.8 Å². The third-order valence-corrected chi connectivity index (χ3v) is 10.6. The molecule has 3 fully saturated rings. The van der Waals surface area contributed by atoms with Crippen LogP contribution in [0.2, 0.25) is 0 Å². The number of piperidine rings is 1. The van der Waals surface area contributed by atoms with Gasteiger partial charge in [0, 0.05) is 65.5 Å². The van der Waals surface area contributed by atoms with E-state index in [1.165, 1.54) is 19.0 Å². The van der Waals surface area contributed by atoms with Gasteiger partial charge in [0.2, 0.25) is 0 Å². The Kier molecular flexibility index (Phi) is 11.9. The second kappa shape index (κ2) is 17.3. The Hall–Kier alpha value is -5.85. The molecule has 56 heavy (non-hydrogen) atoms. The molecule has 6 aromatic rings. The van der Waals surface area contributed by atoms with E-state index in [9.17, 15) is 0 Å². The largest absolute Gasteiger partial charge is 0.382 e. The van der Waals surface area contributed by atoms with Crippen LogP contribution >= 0.6 is 0 Å². The van der Waals surface area contributed by atoms with Gasteiger partial charge in [-0.25, -0.2) is 44.9 Å². The Labute approximate surface area is 326 Å². The number of methoxy groups -OCH3 is 1. The highest BCUT2D eigenvalue weighted by atomic mass is 16.5. The fourth-order valence-corrected chi connectivity index (χ4v) is 7.10. The number of pyridine rings is 3. The van der Waals surface area contributed by atoms with E-state index in [0.29, 0.717) is 46.1 Å². The van der Waals surface area contributed by atoms with Crippen LogP contribution in [0.1, 0.15) is 19.3 Å². The van der Waals surface area contributed by atoms with E-state index >= 15 is 0 Å². The molecule has 0 aromatic carbocycles. The molecule has 0 saturated carbocycles. The lowest BCUT2D eigenvalue weighted by Gasteiger charge is -2.33. The van der Waals surface area contributed by atoms with Gasteiger partial charge in [-0.15, -0.1) is 0 Å². The average Bonchev–Trinajstić information content (AvgIpc) is 3.73. The fourth-order valence-electron chi connectivity index (χ4n) is 7.10. The van der Waals surface area contributed by atoms with Crippen molar-refractivity contribution < 1.29 is 4.74 Å². The molecule has 3 aliphatic heterocycles. The number of nitrogens with zero attached hydrogens (tertiary/aromatic N) is 14. The van der Waals surface area contributed by atoms with Crippen molar-refractivity contribution in [3.8, 4) is 0 Å². The predicted octanol–water partition coefficient (Wildman–Crippen LogP) is 2.33. The Morgan fingerprint density at radius 3 is 1.38 bits per heavy atom. The van der Waals surface area contributed by atoms with Crippen molar-refractivity contribution in [3.05, 3.63) is 55.4 Å². The summed E-state index contributed by atoms with van der Waals surface area (Å²) < 4.78 is 5.38. The molecule has 18 heteroatoms. The van der Waals surface area contributed by atoms with Gasteiger partial charge in [-0.3, -0.25) is 0 Å². The molecule has 3 aliphatic rings. The van der Waals surface area contributed by atoms with E-state index in [-0.39, 0.29) is 0 Å². The number of aromatic nitrogens is 9. The Balaban J connectivity index is 0.000000129. The summed E-state index contributed by atoms with van der Waals surface area (Å²) in [5.74, 6) is 4.16. The minimum atomic E-state index is 0.366. The highest BCUT2D eigenvalue weighted by molar-refractivity contribution is 5.86. The summed E-state index contributed by atoms with van der Waals surface area (Å²) in [7, 11) is 8.14. The zero-order valence-electron chi connectivity index (χ0n) is 32.5. The van der Waals surface area contributed by atoms with Crippen LogP contribution in [-0.4, -0.2) is 147 Å². The second-order valence-electron chi connectivity index (χ2n) is 14.5. The fraction of sp³-hybridized carbons (Fsp3) is 0.447. The monoisotopic (exact) mass is 761 g/mol. The van der Waals surface area contributed by atoms with Crippen LogP contribution in [0.3, 0.4) is 0 Å². The molecule has 9 rings (SSSR count). The lowest BCUT2D eigenvalue weighted by molar-refractivity contribution is 0.0818. The molecule has 6 aromatic heterocycles. The molecule has 0 amide bonds. The van der Waals surface area contributed by atoms with E-state index < -0.39 is 0 Å². The molecule has 6 N–H and O–H groups in total. The minimum Gasteiger partial charge on any atom is -0.382 e. The first-order valence-corrected chi connectivity index (χ1v) is 18.9. The van der Waals surface area contributed by atoms with Crippen LogP contribution in [0.25, 0.3) is 33.1 Å². The maximum atomic E-state index is 5.86. The molecule has 0 bridgehead atoms. The molecule has 3 saturated heterocycles. The highest BCUT2D eigenvalue weighted by Crippen LogP contribution is 2.25. The number of hydrogen-bond donors (Lipinski definition) is 3. The van der Waals surface area contributed by atoms with Gasteiger partial charge < -0.3 is 46.4 Å². The van der Waals surface area contributed by atoms with Gasteiger partial charge in [-0.2, -0.15) is 0 Å². The van der Waals surface area contributed by atoms with Crippen molar-refractivity contribution >= 4 is 68.0 Å². The number of piperazine rings is 1. The minimum absolute atomic E-state index is 0.366. The Morgan fingerprint density at radius 1 is 0.554 bits per heavy atom. The summed E-state index contributed by atoms with van der Waals surface area (Å²) in [6.07, 6.45) is 7.97. The average molecular weight is 762 g/mol. The number of anilines is 6. The predicted molar refractivity (Wildman–Crippen MR) is 221 cm³/mol. The summed E-state index contributed by atoms with van der Waals surface area (Å²) in [6.45, 7) is 8.01. The number of nitrogens with two attached hydrogens (primary N) is 3. The number of likely N-dealkylation sites (N-methyl/N-ethyl adjacent to an activating group) is 2. The van der Waals surface area contributed by atoms with Crippen LogP contribution in [0.15, 0.2) is 55.4 Å². The van der Waals surface area contributed by atoms with Gasteiger partial charge in [0.15, 0.2) is 17.5 Å². The summed E-state index contributed by atoms with van der Waals surface area (Å²) in [5, 5.41) is 0. The summed E-state index contributed by atoms with van der Waals surface area (Å²) in [6, 6.07) is 12.4. The van der Waals surface area contributed by atoms with E-state index in [4.69, 9.17) is 21.9 Å². The number of rotatable bonds is 5. The van der Waals surface area contributed by atoms with Crippen molar-refractivity contribution in [1.82, 2.24) is 54.7 Å². The number of fused-ring (bicyclic) bond motifs is 3. The first kappa shape index (κ1) is 38.4. The van der Waals surface area contributed by atoms with E-state index in [2.05, 4.69) is 90.5 Å². The Morgan fingerprint density at radius 2 is 0.964 bits per heavy atom. The third-order valence-electron chi connectivity index (χ3n) is 10.6. The molecular weight excluding hydrogens is 711 g/mol. The standard InChI is InChI=1S/C13H18N6.C13H17N5O.C12H16N6/c1-18(2)9-5-6-19(7-9)11-4-3-10-12(17-11)13(14)16-8-15-10;1-19-9-4-6-18(7-5-9)11-3-2-10-12(17-11)13(14)16-8-15-10;1-17-4-6-18(7-5-17)10-3-2-9-11(16-10)12(13)15-8-14-9/h3-4,8-9H,5-7H2,1-2H3,(H2,14,15,16);2-3,8-9H,4-7H2,1H3,(H2,14,15,16);2-3,8H,4-7H2,1H3,(H2,13,14,15). The lowest BCUT2D eigenvalue weighted by atomic mass is 10.1. The first-order chi connectivity index (χ1) is 27.2. The topological polar surface area (TPSA) is 220 Å². The van der Waals surface area contributed by atoms with Crippen molar-refractivity contribution in [2.24, 2.45) is 0 Å². The Bertz CT molecular complexity index is 2240. The third kappa shape index (κ3) is 8.82. The van der Waals surface area contributed by atoms with Gasteiger partial charge in [-0.1, -0.05) is 0 Å². The highest BCUT2D eigenvalue weighted by Gasteiger charge is 2.25. The molecule has 18 nitrogen and oxygen atoms in total. The van der Waals surface area contributed by atoms with Crippen LogP contribution in [0.4, 0.5) is 34.9 Å². The van der Waals surface area contributed by atoms with Gasteiger partial charge >= 0.3 is 0 Å².